The Bertz CT molecular complexity index is 773. The van der Waals surface area contributed by atoms with Crippen LogP contribution in [-0.4, -0.2) is 41.9 Å². The van der Waals surface area contributed by atoms with Gasteiger partial charge in [0, 0.05) is 25.2 Å². The number of carbonyl (C=O) groups is 1. The third kappa shape index (κ3) is 4.79. The van der Waals surface area contributed by atoms with Crippen molar-refractivity contribution in [2.45, 2.75) is 38.6 Å². The van der Waals surface area contributed by atoms with Gasteiger partial charge in [0.2, 0.25) is 0 Å². The van der Waals surface area contributed by atoms with Crippen LogP contribution in [0.1, 0.15) is 47.2 Å². The molecule has 2 heterocycles. The third-order valence-corrected chi connectivity index (χ3v) is 6.15. The Morgan fingerprint density at radius 3 is 2.11 bits per heavy atom. The summed E-state index contributed by atoms with van der Waals surface area (Å²) in [4.78, 5) is 16.9. The normalized spacial score (nSPS) is 18.5. The summed E-state index contributed by atoms with van der Waals surface area (Å²) in [5, 5.41) is 0. The minimum Gasteiger partial charge on any atom is -0.339 e. The van der Waals surface area contributed by atoms with Crippen LogP contribution in [0.2, 0.25) is 0 Å². The molecule has 0 aromatic heterocycles. The molecular formula is C24H29FN2O. The lowest BCUT2D eigenvalue weighted by atomic mass is 9.90. The average Bonchev–Trinajstić information content (AvgIpc) is 3.26. The van der Waals surface area contributed by atoms with E-state index >= 15 is 0 Å². The molecule has 0 aliphatic carbocycles. The summed E-state index contributed by atoms with van der Waals surface area (Å²) in [6.45, 7) is 4.93. The van der Waals surface area contributed by atoms with Crippen LogP contribution in [0.5, 0.6) is 0 Å². The molecule has 2 aliphatic rings. The van der Waals surface area contributed by atoms with E-state index in [1.807, 2.05) is 29.2 Å². The van der Waals surface area contributed by atoms with Gasteiger partial charge in [0.1, 0.15) is 5.82 Å². The van der Waals surface area contributed by atoms with Crippen molar-refractivity contribution in [3.8, 4) is 0 Å². The molecule has 3 nitrogen and oxygen atoms in total. The lowest BCUT2D eigenvalue weighted by molar-refractivity contribution is 0.0793. The maximum atomic E-state index is 13.0. The predicted octanol–water partition coefficient (Wildman–Crippen LogP) is 4.52. The minimum atomic E-state index is -0.160. The number of hydrogen-bond acceptors (Lipinski definition) is 2. The summed E-state index contributed by atoms with van der Waals surface area (Å²) in [5.74, 6) is 0.694. The molecule has 1 amide bonds. The molecule has 4 rings (SSSR count). The van der Waals surface area contributed by atoms with Crippen molar-refractivity contribution in [1.82, 2.24) is 9.80 Å². The molecule has 4 heteroatoms. The highest BCUT2D eigenvalue weighted by molar-refractivity contribution is 5.94. The van der Waals surface area contributed by atoms with Crippen LogP contribution >= 0.6 is 0 Å². The molecule has 0 radical (unpaired) electrons. The minimum absolute atomic E-state index is 0.160. The van der Waals surface area contributed by atoms with Crippen molar-refractivity contribution in [2.75, 3.05) is 26.2 Å². The van der Waals surface area contributed by atoms with Crippen LogP contribution in [0.15, 0.2) is 48.5 Å². The lowest BCUT2D eigenvalue weighted by Gasteiger charge is -2.32. The van der Waals surface area contributed by atoms with E-state index in [1.54, 1.807) is 12.1 Å². The number of benzene rings is 2. The topological polar surface area (TPSA) is 23.6 Å². The summed E-state index contributed by atoms with van der Waals surface area (Å²) >= 11 is 0. The summed E-state index contributed by atoms with van der Waals surface area (Å²) < 4.78 is 13.0. The molecule has 2 aromatic rings. The van der Waals surface area contributed by atoms with Gasteiger partial charge < -0.3 is 4.90 Å². The molecule has 2 fully saturated rings. The van der Waals surface area contributed by atoms with Crippen molar-refractivity contribution in [3.63, 3.8) is 0 Å². The smallest absolute Gasteiger partial charge is 0.253 e. The van der Waals surface area contributed by atoms with Gasteiger partial charge in [-0.3, -0.25) is 9.69 Å². The molecule has 2 aromatic carbocycles. The molecule has 0 N–H and O–H groups in total. The first-order valence-electron chi connectivity index (χ1n) is 10.5. The zero-order chi connectivity index (χ0) is 19.3. The fraction of sp³-hybridized carbons (Fsp3) is 0.458. The molecular weight excluding hydrogens is 351 g/mol. The second-order valence-corrected chi connectivity index (χ2v) is 8.25. The van der Waals surface area contributed by atoms with Crippen LogP contribution < -0.4 is 0 Å². The van der Waals surface area contributed by atoms with Gasteiger partial charge in [-0.05, 0) is 86.5 Å². The molecule has 2 saturated heterocycles. The van der Waals surface area contributed by atoms with E-state index in [0.717, 1.165) is 57.5 Å². The number of carbonyl (C=O) groups excluding carboxylic acids is 1. The first kappa shape index (κ1) is 19.1. The Morgan fingerprint density at radius 1 is 0.857 bits per heavy atom. The Hall–Kier alpha value is -2.20. The van der Waals surface area contributed by atoms with E-state index in [0.29, 0.717) is 5.92 Å². The van der Waals surface area contributed by atoms with Crippen molar-refractivity contribution < 1.29 is 9.18 Å². The lowest BCUT2D eigenvalue weighted by Crippen LogP contribution is -2.33. The number of amides is 1. The van der Waals surface area contributed by atoms with Crippen LogP contribution in [-0.2, 0) is 13.0 Å². The highest BCUT2D eigenvalue weighted by Crippen LogP contribution is 2.23. The molecule has 0 spiro atoms. The van der Waals surface area contributed by atoms with E-state index in [-0.39, 0.29) is 11.7 Å². The maximum Gasteiger partial charge on any atom is 0.253 e. The van der Waals surface area contributed by atoms with Gasteiger partial charge >= 0.3 is 0 Å². The highest BCUT2D eigenvalue weighted by atomic mass is 19.1. The summed E-state index contributed by atoms with van der Waals surface area (Å²) in [5.41, 5.74) is 3.32. The fourth-order valence-corrected chi connectivity index (χ4v) is 4.42. The Morgan fingerprint density at radius 2 is 1.46 bits per heavy atom. The van der Waals surface area contributed by atoms with Crippen molar-refractivity contribution in [3.05, 3.63) is 71.0 Å². The standard InChI is InChI=1S/C24H29FN2O/c25-23-9-5-19(6-10-23)17-20-11-15-26(16-12-20)18-21-3-7-22(8-4-21)24(28)27-13-1-2-14-27/h3-10,20H,1-2,11-18H2. The summed E-state index contributed by atoms with van der Waals surface area (Å²) in [6, 6.07) is 15.1. The molecule has 0 bridgehead atoms. The van der Waals surface area contributed by atoms with E-state index in [4.69, 9.17) is 0 Å². The van der Waals surface area contributed by atoms with E-state index in [9.17, 15) is 9.18 Å². The first-order valence-corrected chi connectivity index (χ1v) is 10.5. The SMILES string of the molecule is O=C(c1ccc(CN2CCC(Cc3ccc(F)cc3)CC2)cc1)N1CCCC1. The summed E-state index contributed by atoms with van der Waals surface area (Å²) in [7, 11) is 0. The van der Waals surface area contributed by atoms with Gasteiger partial charge in [0.25, 0.3) is 5.91 Å². The molecule has 0 saturated carbocycles. The summed E-state index contributed by atoms with van der Waals surface area (Å²) in [6.07, 6.45) is 5.66. The number of rotatable bonds is 5. The number of hydrogen-bond donors (Lipinski definition) is 0. The largest absolute Gasteiger partial charge is 0.339 e. The van der Waals surface area contributed by atoms with Crippen LogP contribution in [0.4, 0.5) is 4.39 Å². The Balaban J connectivity index is 1.25. The van der Waals surface area contributed by atoms with Crippen molar-refractivity contribution in [2.24, 2.45) is 5.92 Å². The van der Waals surface area contributed by atoms with E-state index < -0.39 is 0 Å². The number of nitrogens with zero attached hydrogens (tertiary/aromatic N) is 2. The zero-order valence-corrected chi connectivity index (χ0v) is 16.4. The third-order valence-electron chi connectivity index (χ3n) is 6.15. The van der Waals surface area contributed by atoms with Gasteiger partial charge in [-0.2, -0.15) is 0 Å². The average molecular weight is 381 g/mol. The fourth-order valence-electron chi connectivity index (χ4n) is 4.42. The predicted molar refractivity (Wildman–Crippen MR) is 110 cm³/mol. The van der Waals surface area contributed by atoms with Crippen molar-refractivity contribution in [1.29, 1.82) is 0 Å². The van der Waals surface area contributed by atoms with Crippen LogP contribution in [0.25, 0.3) is 0 Å². The number of piperidine rings is 1. The zero-order valence-electron chi connectivity index (χ0n) is 16.4. The van der Waals surface area contributed by atoms with Gasteiger partial charge in [-0.25, -0.2) is 4.39 Å². The second kappa shape index (κ2) is 8.87. The van der Waals surface area contributed by atoms with Crippen LogP contribution in [0.3, 0.4) is 0 Å². The Kier molecular flexibility index (Phi) is 6.06. The van der Waals surface area contributed by atoms with Gasteiger partial charge in [-0.1, -0.05) is 24.3 Å². The monoisotopic (exact) mass is 380 g/mol. The second-order valence-electron chi connectivity index (χ2n) is 8.25. The van der Waals surface area contributed by atoms with Gasteiger partial charge in [0.15, 0.2) is 0 Å². The molecule has 0 atom stereocenters. The van der Waals surface area contributed by atoms with E-state index in [2.05, 4.69) is 17.0 Å². The van der Waals surface area contributed by atoms with Gasteiger partial charge in [0.05, 0.1) is 0 Å². The first-order chi connectivity index (χ1) is 13.7. The quantitative estimate of drug-likeness (QED) is 0.762. The molecule has 0 unspecified atom stereocenters. The molecule has 2 aliphatic heterocycles. The highest BCUT2D eigenvalue weighted by Gasteiger charge is 2.21. The van der Waals surface area contributed by atoms with Gasteiger partial charge in [-0.15, -0.1) is 0 Å². The van der Waals surface area contributed by atoms with E-state index in [1.165, 1.54) is 24.0 Å². The maximum absolute atomic E-state index is 13.0. The van der Waals surface area contributed by atoms with Crippen LogP contribution in [0, 0.1) is 11.7 Å². The van der Waals surface area contributed by atoms with Crippen molar-refractivity contribution >= 4 is 5.91 Å². The number of halogens is 1. The Labute approximate surface area is 167 Å². The molecule has 28 heavy (non-hydrogen) atoms. The number of likely N-dealkylation sites (tertiary alicyclic amines) is 2. The molecule has 148 valence electrons.